The Morgan fingerprint density at radius 3 is 2.90 bits per heavy atom. The fourth-order valence-corrected chi connectivity index (χ4v) is 3.98. The highest BCUT2D eigenvalue weighted by molar-refractivity contribution is 9.11. The van der Waals surface area contributed by atoms with Crippen molar-refractivity contribution in [1.82, 2.24) is 0 Å². The van der Waals surface area contributed by atoms with Gasteiger partial charge in [-0.05, 0) is 65.0 Å². The zero-order valence-corrected chi connectivity index (χ0v) is 13.6. The third-order valence-electron chi connectivity index (χ3n) is 3.54. The molecule has 104 valence electrons. The van der Waals surface area contributed by atoms with Gasteiger partial charge in [0.05, 0.1) is 8.66 Å². The summed E-state index contributed by atoms with van der Waals surface area (Å²) >= 11 is 4.97. The maximum absolute atomic E-state index is 12.7. The molecular formula is C15H15BrN2OS. The maximum atomic E-state index is 12.7. The number of carbonyl (C=O) groups is 1. The third-order valence-corrected chi connectivity index (χ3v) is 5.67. The molecule has 1 amide bonds. The van der Waals surface area contributed by atoms with Crippen molar-refractivity contribution in [2.75, 3.05) is 17.2 Å². The van der Waals surface area contributed by atoms with Gasteiger partial charge in [0, 0.05) is 17.9 Å². The summed E-state index contributed by atoms with van der Waals surface area (Å²) < 4.78 is 1.02. The molecule has 2 heterocycles. The summed E-state index contributed by atoms with van der Waals surface area (Å²) in [6.45, 7) is 2.75. The molecule has 2 N–H and O–H groups in total. The third kappa shape index (κ3) is 2.36. The monoisotopic (exact) mass is 350 g/mol. The van der Waals surface area contributed by atoms with Crippen LogP contribution in [0.4, 0.5) is 11.4 Å². The average Bonchev–Trinajstić information content (AvgIpc) is 2.77. The van der Waals surface area contributed by atoms with E-state index < -0.39 is 0 Å². The highest BCUT2D eigenvalue weighted by Crippen LogP contribution is 2.33. The molecule has 1 aromatic heterocycles. The Kier molecular flexibility index (Phi) is 3.56. The van der Waals surface area contributed by atoms with Crippen molar-refractivity contribution in [3.8, 4) is 0 Å². The molecule has 0 aliphatic carbocycles. The highest BCUT2D eigenvalue weighted by atomic mass is 79.9. The lowest BCUT2D eigenvalue weighted by molar-refractivity contribution is 0.0989. The van der Waals surface area contributed by atoms with Gasteiger partial charge < -0.3 is 10.6 Å². The molecule has 0 saturated carbocycles. The summed E-state index contributed by atoms with van der Waals surface area (Å²) in [5.74, 6) is 0.0651. The first-order chi connectivity index (χ1) is 9.56. The molecule has 1 aliphatic rings. The smallest absolute Gasteiger partial charge is 0.268 e. The zero-order valence-electron chi connectivity index (χ0n) is 11.1. The van der Waals surface area contributed by atoms with Crippen molar-refractivity contribution >= 4 is 44.5 Å². The van der Waals surface area contributed by atoms with E-state index in [4.69, 9.17) is 5.73 Å². The Bertz CT molecular complexity index is 661. The molecule has 1 aliphatic heterocycles. The SMILES string of the molecule is Cc1cc(C(=O)N2CCCc3ccc(N)cc32)sc1Br. The Labute approximate surface area is 130 Å². The lowest BCUT2D eigenvalue weighted by Gasteiger charge is -2.29. The molecule has 0 atom stereocenters. The van der Waals surface area contributed by atoms with Crippen molar-refractivity contribution < 1.29 is 4.79 Å². The quantitative estimate of drug-likeness (QED) is 0.790. The van der Waals surface area contributed by atoms with Gasteiger partial charge in [-0.1, -0.05) is 6.07 Å². The first-order valence-electron chi connectivity index (χ1n) is 6.52. The van der Waals surface area contributed by atoms with E-state index in [1.807, 2.05) is 36.1 Å². The number of halogens is 1. The van der Waals surface area contributed by atoms with E-state index in [0.29, 0.717) is 5.69 Å². The molecule has 3 rings (SSSR count). The van der Waals surface area contributed by atoms with Crippen LogP contribution in [0.3, 0.4) is 0 Å². The Morgan fingerprint density at radius 1 is 1.40 bits per heavy atom. The van der Waals surface area contributed by atoms with Crippen LogP contribution < -0.4 is 10.6 Å². The van der Waals surface area contributed by atoms with Crippen molar-refractivity contribution in [3.63, 3.8) is 0 Å². The standard InChI is InChI=1S/C15H15BrN2OS/c1-9-7-13(20-14(9)16)15(19)18-6-2-3-10-4-5-11(17)8-12(10)18/h4-5,7-8H,2-3,6,17H2,1H3. The van der Waals surface area contributed by atoms with Gasteiger partial charge in [0.15, 0.2) is 0 Å². The molecule has 5 heteroatoms. The Morgan fingerprint density at radius 2 is 2.20 bits per heavy atom. The molecule has 0 fully saturated rings. The van der Waals surface area contributed by atoms with Crippen LogP contribution in [-0.2, 0) is 6.42 Å². The predicted molar refractivity (Wildman–Crippen MR) is 87.6 cm³/mol. The maximum Gasteiger partial charge on any atom is 0.268 e. The lowest BCUT2D eigenvalue weighted by Crippen LogP contribution is -2.35. The number of nitrogens with two attached hydrogens (primary N) is 1. The summed E-state index contributed by atoms with van der Waals surface area (Å²) in [5.41, 5.74) is 9.83. The van der Waals surface area contributed by atoms with Crippen LogP contribution in [0.2, 0.25) is 0 Å². The number of aryl methyl sites for hydroxylation is 2. The second-order valence-electron chi connectivity index (χ2n) is 5.02. The predicted octanol–water partition coefficient (Wildman–Crippen LogP) is 3.99. The number of fused-ring (bicyclic) bond motifs is 1. The first kappa shape index (κ1) is 13.6. The van der Waals surface area contributed by atoms with Gasteiger partial charge in [0.1, 0.15) is 0 Å². The minimum absolute atomic E-state index is 0.0651. The number of hydrogen-bond acceptors (Lipinski definition) is 3. The van der Waals surface area contributed by atoms with Crippen LogP contribution in [0.5, 0.6) is 0 Å². The molecule has 0 bridgehead atoms. The van der Waals surface area contributed by atoms with Crippen LogP contribution >= 0.6 is 27.3 Å². The van der Waals surface area contributed by atoms with Crippen molar-refractivity contribution in [2.45, 2.75) is 19.8 Å². The molecule has 0 spiro atoms. The molecule has 0 unspecified atom stereocenters. The van der Waals surface area contributed by atoms with E-state index in [1.54, 1.807) is 0 Å². The number of carbonyl (C=O) groups excluding carboxylic acids is 1. The topological polar surface area (TPSA) is 46.3 Å². The van der Waals surface area contributed by atoms with Crippen LogP contribution in [-0.4, -0.2) is 12.5 Å². The van der Waals surface area contributed by atoms with Crippen molar-refractivity contribution in [2.24, 2.45) is 0 Å². The van der Waals surface area contributed by atoms with E-state index >= 15 is 0 Å². The van der Waals surface area contributed by atoms with Gasteiger partial charge >= 0.3 is 0 Å². The Balaban J connectivity index is 1.99. The molecular weight excluding hydrogens is 336 g/mol. The zero-order chi connectivity index (χ0) is 14.3. The average molecular weight is 351 g/mol. The highest BCUT2D eigenvalue weighted by Gasteiger charge is 2.25. The normalized spacial score (nSPS) is 14.2. The molecule has 3 nitrogen and oxygen atoms in total. The van der Waals surface area contributed by atoms with E-state index in [1.165, 1.54) is 16.9 Å². The largest absolute Gasteiger partial charge is 0.399 e. The van der Waals surface area contributed by atoms with Gasteiger partial charge in [-0.15, -0.1) is 11.3 Å². The van der Waals surface area contributed by atoms with Gasteiger partial charge in [0.25, 0.3) is 5.91 Å². The molecule has 0 saturated heterocycles. The number of amides is 1. The fourth-order valence-electron chi connectivity index (χ4n) is 2.50. The fraction of sp³-hybridized carbons (Fsp3) is 0.267. The lowest BCUT2D eigenvalue weighted by atomic mass is 10.0. The minimum atomic E-state index is 0.0651. The first-order valence-corrected chi connectivity index (χ1v) is 8.13. The summed E-state index contributed by atoms with van der Waals surface area (Å²) in [5, 5.41) is 0. The second-order valence-corrected chi connectivity index (χ2v) is 7.39. The molecule has 2 aromatic rings. The summed E-state index contributed by atoms with van der Waals surface area (Å²) in [7, 11) is 0. The van der Waals surface area contributed by atoms with Crippen LogP contribution in [0.1, 0.15) is 27.2 Å². The molecule has 0 radical (unpaired) electrons. The second kappa shape index (κ2) is 5.22. The van der Waals surface area contributed by atoms with Crippen molar-refractivity contribution in [1.29, 1.82) is 0 Å². The van der Waals surface area contributed by atoms with Crippen LogP contribution in [0.25, 0.3) is 0 Å². The van der Waals surface area contributed by atoms with Crippen LogP contribution in [0, 0.1) is 6.92 Å². The van der Waals surface area contributed by atoms with E-state index in [-0.39, 0.29) is 5.91 Å². The van der Waals surface area contributed by atoms with Gasteiger partial charge in [-0.25, -0.2) is 0 Å². The van der Waals surface area contributed by atoms with Gasteiger partial charge in [-0.2, -0.15) is 0 Å². The minimum Gasteiger partial charge on any atom is -0.399 e. The number of rotatable bonds is 1. The van der Waals surface area contributed by atoms with Gasteiger partial charge in [-0.3, -0.25) is 4.79 Å². The molecule has 1 aromatic carbocycles. The Hall–Kier alpha value is -1.33. The number of benzene rings is 1. The van der Waals surface area contributed by atoms with E-state index in [0.717, 1.165) is 39.3 Å². The van der Waals surface area contributed by atoms with Crippen LogP contribution in [0.15, 0.2) is 28.1 Å². The molecule has 20 heavy (non-hydrogen) atoms. The van der Waals surface area contributed by atoms with E-state index in [9.17, 15) is 4.79 Å². The number of nitrogens with zero attached hydrogens (tertiary/aromatic N) is 1. The summed E-state index contributed by atoms with van der Waals surface area (Å²) in [6.07, 6.45) is 2.00. The number of nitrogen functional groups attached to an aromatic ring is 1. The van der Waals surface area contributed by atoms with E-state index in [2.05, 4.69) is 15.9 Å². The number of thiophene rings is 1. The summed E-state index contributed by atoms with van der Waals surface area (Å²) in [4.78, 5) is 15.3. The summed E-state index contributed by atoms with van der Waals surface area (Å²) in [6, 6.07) is 7.78. The van der Waals surface area contributed by atoms with Gasteiger partial charge in [0.2, 0.25) is 0 Å². The number of anilines is 2. The number of hydrogen-bond donors (Lipinski definition) is 1. The van der Waals surface area contributed by atoms with Crippen molar-refractivity contribution in [3.05, 3.63) is 44.1 Å².